The Morgan fingerprint density at radius 3 is 3.11 bits per heavy atom. The lowest BCUT2D eigenvalue weighted by molar-refractivity contribution is -0.136. The summed E-state index contributed by atoms with van der Waals surface area (Å²) < 4.78 is 5.64. The Labute approximate surface area is 118 Å². The summed E-state index contributed by atoms with van der Waals surface area (Å²) in [6.07, 6.45) is 2.33. The van der Waals surface area contributed by atoms with Crippen molar-refractivity contribution >= 4 is 17.2 Å². The van der Waals surface area contributed by atoms with E-state index in [4.69, 9.17) is 10.5 Å². The minimum absolute atomic E-state index is 0.124. The zero-order valence-corrected chi connectivity index (χ0v) is 12.2. The first-order valence-corrected chi connectivity index (χ1v) is 7.71. The number of carbonyl (C=O) groups excluding carboxylic acids is 1. The fourth-order valence-electron chi connectivity index (χ4n) is 2.27. The van der Waals surface area contributed by atoms with Gasteiger partial charge in [0.05, 0.1) is 12.6 Å². The minimum atomic E-state index is -0.124. The average Bonchev–Trinajstić information content (AvgIpc) is 3.09. The van der Waals surface area contributed by atoms with E-state index in [0.29, 0.717) is 19.6 Å². The van der Waals surface area contributed by atoms with E-state index >= 15 is 0 Å². The topological polar surface area (TPSA) is 55.6 Å². The predicted octanol–water partition coefficient (Wildman–Crippen LogP) is 1.85. The number of hydrogen-bond donors (Lipinski definition) is 1. The molecule has 1 aliphatic rings. The van der Waals surface area contributed by atoms with E-state index in [0.717, 1.165) is 19.4 Å². The Kier molecular flexibility index (Phi) is 5.36. The first kappa shape index (κ1) is 14.5. The van der Waals surface area contributed by atoms with Crippen LogP contribution in [0.5, 0.6) is 0 Å². The fourth-order valence-corrected chi connectivity index (χ4v) is 2.99. The number of amides is 1. The van der Waals surface area contributed by atoms with Crippen molar-refractivity contribution in [3.8, 4) is 0 Å². The van der Waals surface area contributed by atoms with Crippen LogP contribution in [0.2, 0.25) is 0 Å². The van der Waals surface area contributed by atoms with Gasteiger partial charge in [0.1, 0.15) is 0 Å². The highest BCUT2D eigenvalue weighted by molar-refractivity contribution is 7.09. The molecule has 1 saturated heterocycles. The highest BCUT2D eigenvalue weighted by Crippen LogP contribution is 2.18. The van der Waals surface area contributed by atoms with E-state index in [2.05, 4.69) is 6.07 Å². The maximum atomic E-state index is 12.4. The zero-order chi connectivity index (χ0) is 13.7. The Balaban J connectivity index is 2.00. The highest BCUT2D eigenvalue weighted by Gasteiger charge is 2.25. The van der Waals surface area contributed by atoms with Crippen LogP contribution < -0.4 is 5.73 Å². The monoisotopic (exact) mass is 282 g/mol. The predicted molar refractivity (Wildman–Crippen MR) is 76.9 cm³/mol. The number of ether oxygens (including phenoxy) is 1. The van der Waals surface area contributed by atoms with E-state index in [9.17, 15) is 4.79 Å². The molecule has 2 unspecified atom stereocenters. The van der Waals surface area contributed by atoms with Crippen molar-refractivity contribution in [2.24, 2.45) is 11.7 Å². The lowest BCUT2D eigenvalue weighted by atomic mass is 10.1. The van der Waals surface area contributed by atoms with Gasteiger partial charge < -0.3 is 15.4 Å². The molecule has 2 rings (SSSR count). The van der Waals surface area contributed by atoms with Crippen LogP contribution in [0.1, 0.15) is 24.6 Å². The van der Waals surface area contributed by atoms with Gasteiger partial charge in [0, 0.05) is 30.5 Å². The third-order valence-corrected chi connectivity index (χ3v) is 4.32. The summed E-state index contributed by atoms with van der Waals surface area (Å²) in [5.41, 5.74) is 5.62. The molecule has 1 aromatic rings. The summed E-state index contributed by atoms with van der Waals surface area (Å²) in [5.74, 6) is 0.00719. The molecule has 0 saturated carbocycles. The molecule has 2 N–H and O–H groups in total. The molecule has 0 aromatic carbocycles. The number of carbonyl (C=O) groups is 1. The molecular weight excluding hydrogens is 260 g/mol. The van der Waals surface area contributed by atoms with Crippen LogP contribution in [0.3, 0.4) is 0 Å². The van der Waals surface area contributed by atoms with E-state index in [1.165, 1.54) is 4.88 Å². The molecule has 1 aliphatic heterocycles. The van der Waals surface area contributed by atoms with Crippen molar-refractivity contribution in [2.45, 2.75) is 32.4 Å². The molecular formula is C14H22N2O2S. The summed E-state index contributed by atoms with van der Waals surface area (Å²) in [6.45, 7) is 4.45. The van der Waals surface area contributed by atoms with E-state index < -0.39 is 0 Å². The van der Waals surface area contributed by atoms with Gasteiger partial charge in [-0.15, -0.1) is 11.3 Å². The van der Waals surface area contributed by atoms with Gasteiger partial charge in [-0.25, -0.2) is 0 Å². The van der Waals surface area contributed by atoms with Crippen LogP contribution in [-0.4, -0.2) is 36.6 Å². The molecule has 0 radical (unpaired) electrons. The Morgan fingerprint density at radius 2 is 2.53 bits per heavy atom. The zero-order valence-electron chi connectivity index (χ0n) is 11.4. The number of nitrogens with two attached hydrogens (primary N) is 1. The van der Waals surface area contributed by atoms with Crippen molar-refractivity contribution in [1.82, 2.24) is 4.90 Å². The molecule has 4 nitrogen and oxygen atoms in total. The van der Waals surface area contributed by atoms with Crippen LogP contribution in [0.25, 0.3) is 0 Å². The molecule has 2 atom stereocenters. The lowest BCUT2D eigenvalue weighted by Crippen LogP contribution is -2.41. The second-order valence-corrected chi connectivity index (χ2v) is 6.10. The number of thiophene rings is 1. The quantitative estimate of drug-likeness (QED) is 0.866. The van der Waals surface area contributed by atoms with Crippen molar-refractivity contribution in [3.05, 3.63) is 22.4 Å². The first-order valence-electron chi connectivity index (χ1n) is 6.83. The van der Waals surface area contributed by atoms with Crippen molar-refractivity contribution in [1.29, 1.82) is 0 Å². The number of hydrogen-bond acceptors (Lipinski definition) is 4. The van der Waals surface area contributed by atoms with Gasteiger partial charge in [-0.2, -0.15) is 0 Å². The Morgan fingerprint density at radius 1 is 1.68 bits per heavy atom. The van der Waals surface area contributed by atoms with Gasteiger partial charge in [0.15, 0.2) is 0 Å². The maximum Gasteiger partial charge on any atom is 0.227 e. The third-order valence-electron chi connectivity index (χ3n) is 3.46. The van der Waals surface area contributed by atoms with E-state index in [1.807, 2.05) is 23.3 Å². The number of nitrogens with zero attached hydrogens (tertiary/aromatic N) is 1. The van der Waals surface area contributed by atoms with Gasteiger partial charge in [-0.1, -0.05) is 13.0 Å². The SMILES string of the molecule is CC(CN)C(=O)N(Cc1cccs1)CC1CCCO1. The summed E-state index contributed by atoms with van der Waals surface area (Å²) in [6, 6.07) is 4.08. The van der Waals surface area contributed by atoms with E-state index in [-0.39, 0.29) is 17.9 Å². The minimum Gasteiger partial charge on any atom is -0.376 e. The Hall–Kier alpha value is -0.910. The molecule has 1 aromatic heterocycles. The third kappa shape index (κ3) is 4.03. The molecule has 0 bridgehead atoms. The highest BCUT2D eigenvalue weighted by atomic mass is 32.1. The molecule has 0 spiro atoms. The normalized spacial score (nSPS) is 20.4. The molecule has 5 heteroatoms. The van der Waals surface area contributed by atoms with Crippen LogP contribution >= 0.6 is 11.3 Å². The van der Waals surface area contributed by atoms with Gasteiger partial charge in [0.2, 0.25) is 5.91 Å². The first-order chi connectivity index (χ1) is 9.20. The average molecular weight is 282 g/mol. The van der Waals surface area contributed by atoms with Gasteiger partial charge >= 0.3 is 0 Å². The maximum absolute atomic E-state index is 12.4. The summed E-state index contributed by atoms with van der Waals surface area (Å²) in [5, 5.41) is 2.04. The van der Waals surface area contributed by atoms with Crippen LogP contribution in [-0.2, 0) is 16.1 Å². The molecule has 0 aliphatic carbocycles. The lowest BCUT2D eigenvalue weighted by Gasteiger charge is -2.27. The van der Waals surface area contributed by atoms with Crippen LogP contribution in [0, 0.1) is 5.92 Å². The molecule has 1 fully saturated rings. The van der Waals surface area contributed by atoms with E-state index in [1.54, 1.807) is 11.3 Å². The van der Waals surface area contributed by atoms with Gasteiger partial charge in [-0.05, 0) is 24.3 Å². The smallest absolute Gasteiger partial charge is 0.227 e. The summed E-state index contributed by atoms with van der Waals surface area (Å²) >= 11 is 1.68. The van der Waals surface area contributed by atoms with Crippen molar-refractivity contribution in [2.75, 3.05) is 19.7 Å². The van der Waals surface area contributed by atoms with Crippen molar-refractivity contribution in [3.63, 3.8) is 0 Å². The fraction of sp³-hybridized carbons (Fsp3) is 0.643. The van der Waals surface area contributed by atoms with Crippen molar-refractivity contribution < 1.29 is 9.53 Å². The largest absolute Gasteiger partial charge is 0.376 e. The van der Waals surface area contributed by atoms with Crippen LogP contribution in [0.15, 0.2) is 17.5 Å². The summed E-state index contributed by atoms with van der Waals surface area (Å²) in [7, 11) is 0. The Bertz CT molecular complexity index is 388. The molecule has 1 amide bonds. The molecule has 19 heavy (non-hydrogen) atoms. The second kappa shape index (κ2) is 7.03. The van der Waals surface area contributed by atoms with Gasteiger partial charge in [0.25, 0.3) is 0 Å². The standard InChI is InChI=1S/C14H22N2O2S/c1-11(8-15)14(17)16(9-12-4-2-6-18-12)10-13-5-3-7-19-13/h3,5,7,11-12H,2,4,6,8-10,15H2,1H3. The van der Waals surface area contributed by atoms with Crippen LogP contribution in [0.4, 0.5) is 0 Å². The summed E-state index contributed by atoms with van der Waals surface area (Å²) in [4.78, 5) is 15.5. The van der Waals surface area contributed by atoms with Gasteiger partial charge in [-0.3, -0.25) is 4.79 Å². The second-order valence-electron chi connectivity index (χ2n) is 5.07. The molecule has 2 heterocycles. The number of rotatable bonds is 6. The molecule has 106 valence electrons.